The minimum atomic E-state index is -0.877. The number of aliphatic hydroxyl groups is 1. The second-order valence-electron chi connectivity index (χ2n) is 4.22. The molecule has 0 amide bonds. The predicted octanol–water partition coefficient (Wildman–Crippen LogP) is 3.82. The third kappa shape index (κ3) is 2.88. The zero-order chi connectivity index (χ0) is 14.7. The summed E-state index contributed by atoms with van der Waals surface area (Å²) in [4.78, 5) is 0. The van der Waals surface area contributed by atoms with Crippen LogP contribution in [-0.2, 0) is 0 Å². The maximum atomic E-state index is 13.6. The van der Waals surface area contributed by atoms with Crippen LogP contribution in [-0.4, -0.2) is 12.2 Å². The Balaban J connectivity index is 2.45. The molecule has 5 heteroatoms. The van der Waals surface area contributed by atoms with Gasteiger partial charge in [0.25, 0.3) is 0 Å². The average molecular weight is 280 g/mol. The molecule has 2 aromatic rings. The van der Waals surface area contributed by atoms with E-state index in [0.29, 0.717) is 11.3 Å². The second kappa shape index (κ2) is 5.88. The Hall–Kier alpha value is -2.14. The smallest absolute Gasteiger partial charge is 0.165 e. The van der Waals surface area contributed by atoms with E-state index in [0.717, 1.165) is 18.2 Å². The van der Waals surface area contributed by atoms with Gasteiger partial charge in [0.15, 0.2) is 11.6 Å². The first kappa shape index (κ1) is 14.3. The number of hydrogen-bond acceptors (Lipinski definition) is 3. The van der Waals surface area contributed by atoms with Crippen molar-refractivity contribution in [3.63, 3.8) is 0 Å². The number of benzene rings is 2. The summed E-state index contributed by atoms with van der Waals surface area (Å²) >= 11 is 0. The molecule has 0 fully saturated rings. The minimum absolute atomic E-state index is 0.212. The van der Waals surface area contributed by atoms with Crippen molar-refractivity contribution in [3.8, 4) is 17.2 Å². The number of methoxy groups -OCH3 is 1. The lowest BCUT2D eigenvalue weighted by Gasteiger charge is -2.16. The van der Waals surface area contributed by atoms with Crippen molar-refractivity contribution in [2.45, 2.75) is 13.0 Å². The van der Waals surface area contributed by atoms with Gasteiger partial charge in [0.2, 0.25) is 0 Å². The van der Waals surface area contributed by atoms with E-state index >= 15 is 0 Å². The van der Waals surface area contributed by atoms with Crippen molar-refractivity contribution in [2.24, 2.45) is 0 Å². The molecule has 1 N–H and O–H groups in total. The van der Waals surface area contributed by atoms with E-state index in [4.69, 9.17) is 9.47 Å². The highest BCUT2D eigenvalue weighted by Gasteiger charge is 2.17. The molecule has 106 valence electrons. The minimum Gasteiger partial charge on any atom is -0.496 e. The number of aliphatic hydroxyl groups excluding tert-OH is 1. The molecule has 1 atom stereocenters. The summed E-state index contributed by atoms with van der Waals surface area (Å²) < 4.78 is 37.2. The quantitative estimate of drug-likeness (QED) is 0.925. The normalized spacial score (nSPS) is 12.1. The molecular weight excluding hydrogens is 266 g/mol. The Labute approximate surface area is 115 Å². The molecule has 20 heavy (non-hydrogen) atoms. The first-order valence-corrected chi connectivity index (χ1v) is 6.00. The summed E-state index contributed by atoms with van der Waals surface area (Å²) in [5.74, 6) is -0.924. The van der Waals surface area contributed by atoms with Gasteiger partial charge in [-0.15, -0.1) is 0 Å². The Kier molecular flexibility index (Phi) is 4.20. The van der Waals surface area contributed by atoms with Crippen LogP contribution in [0.3, 0.4) is 0 Å². The fourth-order valence-electron chi connectivity index (χ4n) is 1.88. The molecule has 0 aliphatic heterocycles. The summed E-state index contributed by atoms with van der Waals surface area (Å²) in [6.45, 7) is 1.53. The highest BCUT2D eigenvalue weighted by Crippen LogP contribution is 2.37. The second-order valence-corrected chi connectivity index (χ2v) is 4.22. The fourth-order valence-corrected chi connectivity index (χ4v) is 1.88. The number of rotatable bonds is 4. The lowest BCUT2D eigenvalue weighted by atomic mass is 10.1. The van der Waals surface area contributed by atoms with Gasteiger partial charge in [0, 0.05) is 6.07 Å². The van der Waals surface area contributed by atoms with Crippen molar-refractivity contribution in [2.75, 3.05) is 7.11 Å². The van der Waals surface area contributed by atoms with Crippen LogP contribution in [0.15, 0.2) is 36.4 Å². The van der Waals surface area contributed by atoms with E-state index in [1.54, 1.807) is 18.2 Å². The summed E-state index contributed by atoms with van der Waals surface area (Å²) in [5.41, 5.74) is 0.374. The fraction of sp³-hybridized carbons (Fsp3) is 0.200. The summed E-state index contributed by atoms with van der Waals surface area (Å²) in [5, 5.41) is 9.79. The zero-order valence-electron chi connectivity index (χ0n) is 11.1. The van der Waals surface area contributed by atoms with Crippen LogP contribution in [0.25, 0.3) is 0 Å². The first-order chi connectivity index (χ1) is 9.52. The third-order valence-electron chi connectivity index (χ3n) is 2.78. The Bertz CT molecular complexity index is 612. The van der Waals surface area contributed by atoms with Crippen molar-refractivity contribution in [3.05, 3.63) is 53.6 Å². The highest BCUT2D eigenvalue weighted by atomic mass is 19.1. The first-order valence-electron chi connectivity index (χ1n) is 6.00. The number of hydrogen-bond donors (Lipinski definition) is 1. The van der Waals surface area contributed by atoms with Crippen LogP contribution in [0.1, 0.15) is 18.6 Å². The molecule has 0 heterocycles. The molecule has 0 aliphatic rings. The van der Waals surface area contributed by atoms with Gasteiger partial charge in [-0.2, -0.15) is 0 Å². The molecule has 0 saturated carbocycles. The van der Waals surface area contributed by atoms with E-state index in [1.165, 1.54) is 14.0 Å². The van der Waals surface area contributed by atoms with Gasteiger partial charge in [-0.1, -0.05) is 6.07 Å². The topological polar surface area (TPSA) is 38.7 Å². The van der Waals surface area contributed by atoms with Crippen molar-refractivity contribution in [1.82, 2.24) is 0 Å². The maximum absolute atomic E-state index is 13.6. The zero-order valence-corrected chi connectivity index (χ0v) is 11.1. The molecule has 0 bridgehead atoms. The molecular formula is C15H14F2O3. The van der Waals surface area contributed by atoms with Gasteiger partial charge in [-0.05, 0) is 31.2 Å². The SMILES string of the molecule is COc1cccc(Oc2cc(F)ccc2F)c1C(C)O. The maximum Gasteiger partial charge on any atom is 0.165 e. The van der Waals surface area contributed by atoms with E-state index in [1.807, 2.05) is 0 Å². The molecule has 2 rings (SSSR count). The molecule has 0 radical (unpaired) electrons. The van der Waals surface area contributed by atoms with E-state index in [9.17, 15) is 13.9 Å². The average Bonchev–Trinajstić information content (AvgIpc) is 2.42. The van der Waals surface area contributed by atoms with Crippen molar-refractivity contribution < 1.29 is 23.4 Å². The number of ether oxygens (including phenoxy) is 2. The van der Waals surface area contributed by atoms with Gasteiger partial charge in [0.05, 0.1) is 18.8 Å². The lowest BCUT2D eigenvalue weighted by molar-refractivity contribution is 0.190. The van der Waals surface area contributed by atoms with Gasteiger partial charge >= 0.3 is 0 Å². The predicted molar refractivity (Wildman–Crippen MR) is 70.1 cm³/mol. The summed E-state index contributed by atoms with van der Waals surface area (Å²) in [7, 11) is 1.45. The highest BCUT2D eigenvalue weighted by molar-refractivity contribution is 5.48. The van der Waals surface area contributed by atoms with Crippen molar-refractivity contribution in [1.29, 1.82) is 0 Å². The Morgan fingerprint density at radius 3 is 2.40 bits per heavy atom. The molecule has 1 unspecified atom stereocenters. The largest absolute Gasteiger partial charge is 0.496 e. The van der Waals surface area contributed by atoms with Gasteiger partial charge in [-0.3, -0.25) is 0 Å². The van der Waals surface area contributed by atoms with Crippen LogP contribution in [0.2, 0.25) is 0 Å². The van der Waals surface area contributed by atoms with Crippen LogP contribution >= 0.6 is 0 Å². The van der Waals surface area contributed by atoms with Crippen molar-refractivity contribution >= 4 is 0 Å². The summed E-state index contributed by atoms with van der Waals surface area (Å²) in [6, 6.07) is 7.76. The van der Waals surface area contributed by atoms with Crippen LogP contribution in [0, 0.1) is 11.6 Å². The molecule has 2 aromatic carbocycles. The van der Waals surface area contributed by atoms with Crippen LogP contribution in [0.4, 0.5) is 8.78 Å². The summed E-state index contributed by atoms with van der Waals surface area (Å²) in [6.07, 6.45) is -0.877. The molecule has 0 spiro atoms. The molecule has 0 aliphatic carbocycles. The Morgan fingerprint density at radius 2 is 1.75 bits per heavy atom. The lowest BCUT2D eigenvalue weighted by Crippen LogP contribution is -2.01. The van der Waals surface area contributed by atoms with Crippen LogP contribution < -0.4 is 9.47 Å². The molecule has 3 nitrogen and oxygen atoms in total. The van der Waals surface area contributed by atoms with Gasteiger partial charge < -0.3 is 14.6 Å². The standard InChI is InChI=1S/C15H14F2O3/c1-9(18)15-12(19-2)4-3-5-13(15)20-14-8-10(16)6-7-11(14)17/h3-9,18H,1-2H3. The van der Waals surface area contributed by atoms with E-state index in [2.05, 4.69) is 0 Å². The monoisotopic (exact) mass is 280 g/mol. The third-order valence-corrected chi connectivity index (χ3v) is 2.78. The number of halogens is 2. The molecule has 0 aromatic heterocycles. The van der Waals surface area contributed by atoms with E-state index < -0.39 is 17.7 Å². The van der Waals surface area contributed by atoms with E-state index in [-0.39, 0.29) is 11.5 Å². The Morgan fingerprint density at radius 1 is 1.05 bits per heavy atom. The molecule has 0 saturated heterocycles. The van der Waals surface area contributed by atoms with Gasteiger partial charge in [0.1, 0.15) is 17.3 Å². The van der Waals surface area contributed by atoms with Crippen LogP contribution in [0.5, 0.6) is 17.2 Å². The van der Waals surface area contributed by atoms with Gasteiger partial charge in [-0.25, -0.2) is 8.78 Å².